The van der Waals surface area contributed by atoms with Crippen LogP contribution in [-0.2, 0) is 19.5 Å². The fourth-order valence-corrected chi connectivity index (χ4v) is 4.42. The zero-order valence-corrected chi connectivity index (χ0v) is 22.9. The van der Waals surface area contributed by atoms with E-state index in [-0.39, 0.29) is 0 Å². The molecule has 0 fully saturated rings. The van der Waals surface area contributed by atoms with Gasteiger partial charge in [-0.15, -0.1) is 13.2 Å². The lowest BCUT2D eigenvalue weighted by atomic mass is 9.88. The molecule has 0 spiro atoms. The van der Waals surface area contributed by atoms with Crippen molar-refractivity contribution in [2.45, 2.75) is 53.6 Å². The molecule has 0 aliphatic heterocycles. The Morgan fingerprint density at radius 1 is 0.771 bits per heavy atom. The van der Waals surface area contributed by atoms with Crippen molar-refractivity contribution in [3.8, 4) is 5.75 Å². The van der Waals surface area contributed by atoms with Crippen molar-refractivity contribution in [3.05, 3.63) is 90.5 Å². The van der Waals surface area contributed by atoms with Gasteiger partial charge >= 0.3 is 0 Å². The van der Waals surface area contributed by atoms with E-state index in [1.165, 1.54) is 23.1 Å². The van der Waals surface area contributed by atoms with E-state index in [2.05, 4.69) is 87.1 Å². The zero-order valence-electron chi connectivity index (χ0n) is 22.9. The van der Waals surface area contributed by atoms with Crippen LogP contribution < -0.4 is 4.74 Å². The Bertz CT molecular complexity index is 854. The molecule has 2 aromatic carbocycles. The van der Waals surface area contributed by atoms with Crippen molar-refractivity contribution in [2.75, 3.05) is 33.3 Å². The number of ether oxygens (including phenoxy) is 1. The lowest BCUT2D eigenvalue weighted by molar-refractivity contribution is 0.210. The van der Waals surface area contributed by atoms with E-state index in [9.17, 15) is 0 Å². The summed E-state index contributed by atoms with van der Waals surface area (Å²) in [6.45, 7) is 23.1. The first kappa shape index (κ1) is 28.9. The van der Waals surface area contributed by atoms with E-state index < -0.39 is 0 Å². The molecule has 0 aliphatic rings. The van der Waals surface area contributed by atoms with Crippen LogP contribution in [0.5, 0.6) is 5.75 Å². The molecule has 192 valence electrons. The minimum Gasteiger partial charge on any atom is -0.497 e. The van der Waals surface area contributed by atoms with E-state index in [0.717, 1.165) is 57.4 Å². The highest BCUT2D eigenvalue weighted by Gasteiger charge is 2.18. The fraction of sp³-hybridized carbons (Fsp3) is 0.500. The SMILES string of the molecule is C=CCN(CCC(C)C)Cc1ccc(CC(CN(CC=C)Cc2ccc(OC)cc2)C(C)C)cc1. The van der Waals surface area contributed by atoms with Crippen molar-refractivity contribution in [1.82, 2.24) is 9.80 Å². The molecule has 3 heteroatoms. The molecule has 1 unspecified atom stereocenters. The van der Waals surface area contributed by atoms with E-state index in [1.54, 1.807) is 7.11 Å². The monoisotopic (exact) mass is 476 g/mol. The first-order valence-corrected chi connectivity index (χ1v) is 13.2. The Kier molecular flexibility index (Phi) is 12.9. The average Bonchev–Trinajstić information content (AvgIpc) is 2.84. The number of nitrogens with zero attached hydrogens (tertiary/aromatic N) is 2. The number of methoxy groups -OCH3 is 1. The Morgan fingerprint density at radius 3 is 1.80 bits per heavy atom. The maximum Gasteiger partial charge on any atom is 0.118 e. The number of hydrogen-bond donors (Lipinski definition) is 0. The minimum absolute atomic E-state index is 0.586. The number of benzene rings is 2. The lowest BCUT2D eigenvalue weighted by Crippen LogP contribution is -2.32. The van der Waals surface area contributed by atoms with E-state index in [4.69, 9.17) is 4.74 Å². The highest BCUT2D eigenvalue weighted by Crippen LogP contribution is 2.22. The maximum absolute atomic E-state index is 5.31. The summed E-state index contributed by atoms with van der Waals surface area (Å²) in [6.07, 6.45) is 6.35. The van der Waals surface area contributed by atoms with Gasteiger partial charge in [0.1, 0.15) is 5.75 Å². The van der Waals surface area contributed by atoms with Crippen LogP contribution in [-0.4, -0.2) is 43.1 Å². The fourth-order valence-electron chi connectivity index (χ4n) is 4.42. The van der Waals surface area contributed by atoms with Crippen LogP contribution in [0.1, 0.15) is 50.8 Å². The van der Waals surface area contributed by atoms with Gasteiger partial charge in [-0.3, -0.25) is 9.80 Å². The number of hydrogen-bond acceptors (Lipinski definition) is 3. The van der Waals surface area contributed by atoms with Gasteiger partial charge < -0.3 is 4.74 Å². The Labute approximate surface area is 215 Å². The molecular weight excluding hydrogens is 428 g/mol. The third kappa shape index (κ3) is 10.8. The van der Waals surface area contributed by atoms with E-state index >= 15 is 0 Å². The van der Waals surface area contributed by atoms with Gasteiger partial charge in [-0.25, -0.2) is 0 Å². The normalized spacial score (nSPS) is 12.5. The molecule has 0 radical (unpaired) electrons. The van der Waals surface area contributed by atoms with Crippen molar-refractivity contribution < 1.29 is 4.74 Å². The zero-order chi connectivity index (χ0) is 25.6. The molecule has 0 N–H and O–H groups in total. The third-order valence-electron chi connectivity index (χ3n) is 6.73. The van der Waals surface area contributed by atoms with Gasteiger partial charge in [0, 0.05) is 32.7 Å². The second-order valence-electron chi connectivity index (χ2n) is 10.6. The van der Waals surface area contributed by atoms with Gasteiger partial charge in [0.15, 0.2) is 0 Å². The maximum atomic E-state index is 5.31. The van der Waals surface area contributed by atoms with Crippen LogP contribution in [0.2, 0.25) is 0 Å². The molecule has 0 bridgehead atoms. The quantitative estimate of drug-likeness (QED) is 0.224. The van der Waals surface area contributed by atoms with Gasteiger partial charge in [-0.2, -0.15) is 0 Å². The Morgan fingerprint density at radius 2 is 1.29 bits per heavy atom. The van der Waals surface area contributed by atoms with E-state index in [0.29, 0.717) is 11.8 Å². The summed E-state index contributed by atoms with van der Waals surface area (Å²) in [5, 5.41) is 0. The summed E-state index contributed by atoms with van der Waals surface area (Å²) in [4.78, 5) is 5.00. The minimum atomic E-state index is 0.586. The second kappa shape index (κ2) is 15.6. The second-order valence-corrected chi connectivity index (χ2v) is 10.6. The van der Waals surface area contributed by atoms with E-state index in [1.807, 2.05) is 24.3 Å². The summed E-state index contributed by atoms with van der Waals surface area (Å²) in [6, 6.07) is 17.7. The molecule has 0 saturated heterocycles. The summed E-state index contributed by atoms with van der Waals surface area (Å²) in [5.74, 6) is 2.82. The molecular formula is C32H48N2O. The van der Waals surface area contributed by atoms with Gasteiger partial charge in [-0.05, 0) is 66.0 Å². The standard InChI is InChI=1S/C32H48N2O/c1-8-19-33(21-18-26(3)4)23-29-12-10-28(11-13-29)22-31(27(5)6)25-34(20-9-2)24-30-14-16-32(35-7)17-15-30/h8-17,26-27,31H,1-2,18-25H2,3-7H3. The highest BCUT2D eigenvalue weighted by atomic mass is 16.5. The first-order valence-electron chi connectivity index (χ1n) is 13.2. The summed E-state index contributed by atoms with van der Waals surface area (Å²) >= 11 is 0. The van der Waals surface area contributed by atoms with Gasteiger partial charge in [0.05, 0.1) is 7.11 Å². The molecule has 0 heterocycles. The molecule has 0 aromatic heterocycles. The molecule has 35 heavy (non-hydrogen) atoms. The van der Waals surface area contributed by atoms with Crippen LogP contribution in [0.3, 0.4) is 0 Å². The van der Waals surface area contributed by atoms with Crippen LogP contribution >= 0.6 is 0 Å². The van der Waals surface area contributed by atoms with Crippen LogP contribution in [0.15, 0.2) is 73.8 Å². The molecule has 2 aromatic rings. The van der Waals surface area contributed by atoms with Crippen molar-refractivity contribution in [2.24, 2.45) is 17.8 Å². The van der Waals surface area contributed by atoms with Crippen LogP contribution in [0, 0.1) is 17.8 Å². The molecule has 3 nitrogen and oxygen atoms in total. The van der Waals surface area contributed by atoms with Gasteiger partial charge in [0.2, 0.25) is 0 Å². The van der Waals surface area contributed by atoms with Crippen molar-refractivity contribution >= 4 is 0 Å². The molecule has 1 atom stereocenters. The number of rotatable bonds is 17. The predicted molar refractivity (Wildman–Crippen MR) is 152 cm³/mol. The van der Waals surface area contributed by atoms with Gasteiger partial charge in [0.25, 0.3) is 0 Å². The summed E-state index contributed by atoms with van der Waals surface area (Å²) in [7, 11) is 1.71. The smallest absolute Gasteiger partial charge is 0.118 e. The molecule has 0 saturated carbocycles. The molecule has 2 rings (SSSR count). The third-order valence-corrected chi connectivity index (χ3v) is 6.73. The molecule has 0 aliphatic carbocycles. The lowest BCUT2D eigenvalue weighted by Gasteiger charge is -2.29. The largest absolute Gasteiger partial charge is 0.497 e. The summed E-state index contributed by atoms with van der Waals surface area (Å²) < 4.78 is 5.31. The molecule has 0 amide bonds. The summed E-state index contributed by atoms with van der Waals surface area (Å²) in [5.41, 5.74) is 4.11. The average molecular weight is 477 g/mol. The van der Waals surface area contributed by atoms with Gasteiger partial charge in [-0.1, -0.05) is 76.2 Å². The highest BCUT2D eigenvalue weighted by molar-refractivity contribution is 5.27. The Hall–Kier alpha value is -2.36. The first-order chi connectivity index (χ1) is 16.8. The Balaban J connectivity index is 2.01. The van der Waals surface area contributed by atoms with Crippen LogP contribution in [0.25, 0.3) is 0 Å². The van der Waals surface area contributed by atoms with Crippen molar-refractivity contribution in [3.63, 3.8) is 0 Å². The topological polar surface area (TPSA) is 15.7 Å². The van der Waals surface area contributed by atoms with Crippen molar-refractivity contribution in [1.29, 1.82) is 0 Å². The predicted octanol–water partition coefficient (Wildman–Crippen LogP) is 7.23. The van der Waals surface area contributed by atoms with Crippen LogP contribution in [0.4, 0.5) is 0 Å².